The zero-order chi connectivity index (χ0) is 20.6. The Bertz CT molecular complexity index is 793. The van der Waals surface area contributed by atoms with Crippen molar-refractivity contribution in [3.63, 3.8) is 0 Å². The molecule has 2 aromatic carbocycles. The summed E-state index contributed by atoms with van der Waals surface area (Å²) < 4.78 is 5.52. The standard InChI is InChI=1S/C22H27ClN2O3/c1-4-13-22(2,3)20(26)24-17-9-8-12-19(16-17)28-21(27)25(15-14-23)18-10-6-5-7-11-18/h5-12,16H,4,13-15H2,1-3H3,(H,24,26). The van der Waals surface area contributed by atoms with E-state index in [1.54, 1.807) is 24.3 Å². The molecule has 0 aromatic heterocycles. The molecule has 0 bridgehead atoms. The summed E-state index contributed by atoms with van der Waals surface area (Å²) in [7, 11) is 0. The van der Waals surface area contributed by atoms with Crippen LogP contribution in [-0.2, 0) is 4.79 Å². The first-order chi connectivity index (χ1) is 13.4. The third-order valence-corrected chi connectivity index (χ3v) is 4.55. The van der Waals surface area contributed by atoms with E-state index in [-0.39, 0.29) is 11.8 Å². The fraction of sp³-hybridized carbons (Fsp3) is 0.364. The molecule has 0 radical (unpaired) electrons. The molecule has 2 rings (SSSR count). The maximum atomic E-state index is 12.6. The van der Waals surface area contributed by atoms with Crippen molar-refractivity contribution in [2.75, 3.05) is 22.6 Å². The number of amides is 2. The lowest BCUT2D eigenvalue weighted by molar-refractivity contribution is -0.124. The zero-order valence-corrected chi connectivity index (χ0v) is 17.3. The summed E-state index contributed by atoms with van der Waals surface area (Å²) >= 11 is 5.85. The lowest BCUT2D eigenvalue weighted by Crippen LogP contribution is -2.35. The molecule has 150 valence electrons. The summed E-state index contributed by atoms with van der Waals surface area (Å²) in [5, 5.41) is 2.90. The van der Waals surface area contributed by atoms with Crippen molar-refractivity contribution < 1.29 is 14.3 Å². The van der Waals surface area contributed by atoms with Gasteiger partial charge in [-0.25, -0.2) is 4.79 Å². The fourth-order valence-electron chi connectivity index (χ4n) is 2.85. The quantitative estimate of drug-likeness (QED) is 0.576. The highest BCUT2D eigenvalue weighted by atomic mass is 35.5. The molecule has 0 unspecified atom stereocenters. The van der Waals surface area contributed by atoms with E-state index in [9.17, 15) is 9.59 Å². The Morgan fingerprint density at radius 3 is 2.46 bits per heavy atom. The van der Waals surface area contributed by atoms with E-state index >= 15 is 0 Å². The minimum absolute atomic E-state index is 0.0640. The van der Waals surface area contributed by atoms with E-state index in [0.29, 0.717) is 23.7 Å². The van der Waals surface area contributed by atoms with Crippen molar-refractivity contribution in [3.05, 3.63) is 54.6 Å². The van der Waals surface area contributed by atoms with E-state index in [1.165, 1.54) is 4.90 Å². The highest BCUT2D eigenvalue weighted by Gasteiger charge is 2.26. The number of hydrogen-bond donors (Lipinski definition) is 1. The van der Waals surface area contributed by atoms with E-state index in [1.807, 2.05) is 44.2 Å². The second-order valence-corrected chi connectivity index (χ2v) is 7.54. The van der Waals surface area contributed by atoms with E-state index in [0.717, 1.165) is 12.8 Å². The van der Waals surface area contributed by atoms with Crippen LogP contribution in [0.2, 0.25) is 0 Å². The van der Waals surface area contributed by atoms with Crippen LogP contribution in [-0.4, -0.2) is 24.4 Å². The van der Waals surface area contributed by atoms with Crippen LogP contribution < -0.4 is 15.0 Å². The summed E-state index contributed by atoms with van der Waals surface area (Å²) in [6.45, 7) is 6.21. The molecule has 6 heteroatoms. The maximum absolute atomic E-state index is 12.6. The first kappa shape index (κ1) is 21.8. The van der Waals surface area contributed by atoms with Crippen LogP contribution in [0.25, 0.3) is 0 Å². The highest BCUT2D eigenvalue weighted by Crippen LogP contribution is 2.26. The Labute approximate surface area is 171 Å². The van der Waals surface area contributed by atoms with Crippen LogP contribution in [0, 0.1) is 5.41 Å². The van der Waals surface area contributed by atoms with E-state index in [2.05, 4.69) is 12.2 Å². The van der Waals surface area contributed by atoms with Gasteiger partial charge in [0.15, 0.2) is 0 Å². The summed E-state index contributed by atoms with van der Waals surface area (Å²) in [5.74, 6) is 0.574. The lowest BCUT2D eigenvalue weighted by Gasteiger charge is -2.23. The van der Waals surface area contributed by atoms with Crippen molar-refractivity contribution in [2.45, 2.75) is 33.6 Å². The van der Waals surface area contributed by atoms with Crippen LogP contribution in [0.5, 0.6) is 5.75 Å². The van der Waals surface area contributed by atoms with Crippen molar-refractivity contribution >= 4 is 35.0 Å². The topological polar surface area (TPSA) is 58.6 Å². The van der Waals surface area contributed by atoms with Crippen LogP contribution >= 0.6 is 11.6 Å². The number of alkyl halides is 1. The molecule has 5 nitrogen and oxygen atoms in total. The maximum Gasteiger partial charge on any atom is 0.419 e. The van der Waals surface area contributed by atoms with E-state index in [4.69, 9.17) is 16.3 Å². The van der Waals surface area contributed by atoms with Gasteiger partial charge in [0.25, 0.3) is 0 Å². The number of nitrogens with zero attached hydrogens (tertiary/aromatic N) is 1. The molecule has 2 amide bonds. The Morgan fingerprint density at radius 1 is 1.11 bits per heavy atom. The van der Waals surface area contributed by atoms with Gasteiger partial charge < -0.3 is 10.1 Å². The summed E-state index contributed by atoms with van der Waals surface area (Å²) in [6, 6.07) is 16.0. The van der Waals surface area contributed by atoms with E-state index < -0.39 is 11.5 Å². The van der Waals surface area contributed by atoms with Gasteiger partial charge in [-0.3, -0.25) is 9.69 Å². The minimum Gasteiger partial charge on any atom is -0.410 e. The second-order valence-electron chi connectivity index (χ2n) is 7.16. The summed E-state index contributed by atoms with van der Waals surface area (Å²) in [4.78, 5) is 26.6. The Morgan fingerprint density at radius 2 is 1.82 bits per heavy atom. The van der Waals surface area contributed by atoms with Gasteiger partial charge in [-0.2, -0.15) is 0 Å². The van der Waals surface area contributed by atoms with Gasteiger partial charge in [-0.05, 0) is 30.7 Å². The van der Waals surface area contributed by atoms with Gasteiger partial charge in [0.05, 0.1) is 0 Å². The summed E-state index contributed by atoms with van der Waals surface area (Å²) in [5.41, 5.74) is 0.827. The smallest absolute Gasteiger partial charge is 0.410 e. The van der Waals surface area contributed by atoms with Crippen LogP contribution in [0.15, 0.2) is 54.6 Å². The molecule has 0 saturated carbocycles. The number of nitrogens with one attached hydrogen (secondary N) is 1. The number of ether oxygens (including phenoxy) is 1. The van der Waals surface area contributed by atoms with Crippen LogP contribution in [0.4, 0.5) is 16.2 Å². The lowest BCUT2D eigenvalue weighted by atomic mass is 9.87. The van der Waals surface area contributed by atoms with Gasteiger partial charge >= 0.3 is 6.09 Å². The first-order valence-corrected chi connectivity index (χ1v) is 9.92. The van der Waals surface area contributed by atoms with Crippen molar-refractivity contribution in [1.29, 1.82) is 0 Å². The number of benzene rings is 2. The molecular weight excluding hydrogens is 376 g/mol. The largest absolute Gasteiger partial charge is 0.419 e. The van der Waals surface area contributed by atoms with Crippen LogP contribution in [0.3, 0.4) is 0 Å². The van der Waals surface area contributed by atoms with Gasteiger partial charge in [0, 0.05) is 35.3 Å². The highest BCUT2D eigenvalue weighted by molar-refractivity contribution is 6.18. The SMILES string of the molecule is CCCC(C)(C)C(=O)Nc1cccc(OC(=O)N(CCCl)c2ccccc2)c1. The predicted octanol–water partition coefficient (Wildman–Crippen LogP) is 5.70. The third kappa shape index (κ3) is 5.99. The number of halogens is 1. The molecule has 0 atom stereocenters. The minimum atomic E-state index is -0.526. The number of rotatable bonds is 8. The molecule has 0 spiro atoms. The van der Waals surface area contributed by atoms with Gasteiger partial charge in [0.1, 0.15) is 5.75 Å². The van der Waals surface area contributed by atoms with Gasteiger partial charge in [-0.15, -0.1) is 11.6 Å². The van der Waals surface area contributed by atoms with Crippen molar-refractivity contribution in [3.8, 4) is 5.75 Å². The van der Waals surface area contributed by atoms with Gasteiger partial charge in [0.2, 0.25) is 5.91 Å². The second kappa shape index (κ2) is 10.1. The Hall–Kier alpha value is -2.53. The number of anilines is 2. The average molecular weight is 403 g/mol. The molecular formula is C22H27ClN2O3. The zero-order valence-electron chi connectivity index (χ0n) is 16.6. The third-order valence-electron chi connectivity index (χ3n) is 4.38. The van der Waals surface area contributed by atoms with Crippen molar-refractivity contribution in [2.24, 2.45) is 5.41 Å². The number of para-hydroxylation sites is 1. The predicted molar refractivity (Wildman–Crippen MR) is 114 cm³/mol. The molecule has 0 aliphatic heterocycles. The first-order valence-electron chi connectivity index (χ1n) is 9.39. The molecule has 0 heterocycles. The van der Waals surface area contributed by atoms with Gasteiger partial charge in [-0.1, -0.05) is 51.5 Å². The molecule has 0 fully saturated rings. The number of carbonyl (C=O) groups excluding carboxylic acids is 2. The molecule has 0 aliphatic rings. The Balaban J connectivity index is 2.11. The molecule has 0 aliphatic carbocycles. The Kier molecular flexibility index (Phi) is 7.88. The number of hydrogen-bond acceptors (Lipinski definition) is 3. The fourth-order valence-corrected chi connectivity index (χ4v) is 3.02. The molecule has 0 saturated heterocycles. The molecule has 2 aromatic rings. The molecule has 1 N–H and O–H groups in total. The summed E-state index contributed by atoms with van der Waals surface area (Å²) in [6.07, 6.45) is 1.19. The molecule has 28 heavy (non-hydrogen) atoms. The normalized spacial score (nSPS) is 11.0. The average Bonchev–Trinajstić information content (AvgIpc) is 2.67. The monoisotopic (exact) mass is 402 g/mol. The van der Waals surface area contributed by atoms with Crippen LogP contribution in [0.1, 0.15) is 33.6 Å². The van der Waals surface area contributed by atoms with Crippen molar-refractivity contribution in [1.82, 2.24) is 0 Å². The number of carbonyl (C=O) groups is 2.